The first-order valence-electron chi connectivity index (χ1n) is 5.59. The van der Waals surface area contributed by atoms with Crippen molar-refractivity contribution in [2.75, 3.05) is 6.61 Å². The van der Waals surface area contributed by atoms with E-state index in [4.69, 9.17) is 9.15 Å². The van der Waals surface area contributed by atoms with Gasteiger partial charge >= 0.3 is 0 Å². The molecular formula is C14H14O3. The summed E-state index contributed by atoms with van der Waals surface area (Å²) in [7, 11) is 0. The number of carbonyl (C=O) groups excluding carboxylic acids is 1. The zero-order valence-electron chi connectivity index (χ0n) is 9.46. The SMILES string of the molecule is O=Cc1cccc(OCCCc2ccco2)c1. The van der Waals surface area contributed by atoms with Crippen molar-refractivity contribution in [1.82, 2.24) is 0 Å². The van der Waals surface area contributed by atoms with E-state index in [0.717, 1.165) is 30.6 Å². The molecule has 0 radical (unpaired) electrons. The number of ether oxygens (including phenoxy) is 1. The van der Waals surface area contributed by atoms with Gasteiger partial charge in [-0.05, 0) is 30.7 Å². The first kappa shape index (κ1) is 11.5. The Labute approximate surface area is 100 Å². The van der Waals surface area contributed by atoms with Gasteiger partial charge < -0.3 is 9.15 Å². The maximum absolute atomic E-state index is 10.6. The molecule has 17 heavy (non-hydrogen) atoms. The number of benzene rings is 1. The van der Waals surface area contributed by atoms with Gasteiger partial charge in [0.05, 0.1) is 12.9 Å². The maximum Gasteiger partial charge on any atom is 0.150 e. The molecule has 0 aliphatic heterocycles. The van der Waals surface area contributed by atoms with E-state index >= 15 is 0 Å². The zero-order chi connectivity index (χ0) is 11.9. The highest BCUT2D eigenvalue weighted by Crippen LogP contribution is 2.12. The van der Waals surface area contributed by atoms with E-state index in [-0.39, 0.29) is 0 Å². The van der Waals surface area contributed by atoms with Gasteiger partial charge in [0.25, 0.3) is 0 Å². The van der Waals surface area contributed by atoms with E-state index in [1.807, 2.05) is 24.3 Å². The standard InChI is InChI=1S/C14H14O3/c15-11-12-4-1-5-14(10-12)17-9-3-7-13-6-2-8-16-13/h1-2,4-6,8,10-11H,3,7,9H2. The summed E-state index contributed by atoms with van der Waals surface area (Å²) in [5, 5.41) is 0. The zero-order valence-corrected chi connectivity index (χ0v) is 9.46. The molecule has 2 rings (SSSR count). The highest BCUT2D eigenvalue weighted by atomic mass is 16.5. The molecule has 0 aliphatic carbocycles. The molecule has 0 saturated carbocycles. The van der Waals surface area contributed by atoms with Gasteiger partial charge in [-0.15, -0.1) is 0 Å². The molecule has 1 aromatic heterocycles. The molecular weight excluding hydrogens is 216 g/mol. The fraction of sp³-hybridized carbons (Fsp3) is 0.214. The van der Waals surface area contributed by atoms with Crippen LogP contribution in [0.3, 0.4) is 0 Å². The normalized spacial score (nSPS) is 10.1. The Balaban J connectivity index is 1.76. The van der Waals surface area contributed by atoms with Gasteiger partial charge in [-0.3, -0.25) is 4.79 Å². The van der Waals surface area contributed by atoms with E-state index in [2.05, 4.69) is 0 Å². The second-order valence-corrected chi connectivity index (χ2v) is 3.72. The monoisotopic (exact) mass is 230 g/mol. The minimum Gasteiger partial charge on any atom is -0.494 e. The van der Waals surface area contributed by atoms with E-state index in [0.29, 0.717) is 12.2 Å². The molecule has 0 N–H and O–H groups in total. The first-order chi connectivity index (χ1) is 8.38. The van der Waals surface area contributed by atoms with E-state index in [1.165, 1.54) is 0 Å². The molecule has 0 amide bonds. The predicted octanol–water partition coefficient (Wildman–Crippen LogP) is 3.10. The topological polar surface area (TPSA) is 39.4 Å². The van der Waals surface area contributed by atoms with Crippen molar-refractivity contribution in [3.8, 4) is 5.75 Å². The molecule has 0 saturated heterocycles. The summed E-state index contributed by atoms with van der Waals surface area (Å²) in [6.07, 6.45) is 4.23. The van der Waals surface area contributed by atoms with Crippen LogP contribution in [0.4, 0.5) is 0 Å². The molecule has 2 aromatic rings. The summed E-state index contributed by atoms with van der Waals surface area (Å²) in [6, 6.07) is 11.0. The lowest BCUT2D eigenvalue weighted by Crippen LogP contribution is -1.99. The Hall–Kier alpha value is -2.03. The third-order valence-electron chi connectivity index (χ3n) is 2.41. The molecule has 1 aromatic carbocycles. The van der Waals surface area contributed by atoms with Gasteiger partial charge in [0.15, 0.2) is 0 Å². The molecule has 0 fully saturated rings. The van der Waals surface area contributed by atoms with Crippen LogP contribution in [0.15, 0.2) is 47.1 Å². The fourth-order valence-electron chi connectivity index (χ4n) is 1.57. The lowest BCUT2D eigenvalue weighted by atomic mass is 10.2. The molecule has 0 aliphatic rings. The van der Waals surface area contributed by atoms with Gasteiger partial charge in [-0.25, -0.2) is 0 Å². The van der Waals surface area contributed by atoms with Crippen molar-refractivity contribution in [1.29, 1.82) is 0 Å². The highest BCUT2D eigenvalue weighted by Gasteiger charge is 1.98. The number of hydrogen-bond acceptors (Lipinski definition) is 3. The third-order valence-corrected chi connectivity index (χ3v) is 2.41. The average Bonchev–Trinajstić information content (AvgIpc) is 2.88. The summed E-state index contributed by atoms with van der Waals surface area (Å²) in [6.45, 7) is 0.614. The smallest absolute Gasteiger partial charge is 0.150 e. The molecule has 3 heteroatoms. The first-order valence-corrected chi connectivity index (χ1v) is 5.59. The van der Waals surface area contributed by atoms with Crippen molar-refractivity contribution in [2.24, 2.45) is 0 Å². The van der Waals surface area contributed by atoms with Crippen molar-refractivity contribution in [3.05, 3.63) is 54.0 Å². The average molecular weight is 230 g/mol. The van der Waals surface area contributed by atoms with E-state index in [1.54, 1.807) is 18.4 Å². The number of hydrogen-bond donors (Lipinski definition) is 0. The summed E-state index contributed by atoms with van der Waals surface area (Å²) >= 11 is 0. The largest absolute Gasteiger partial charge is 0.494 e. The molecule has 1 heterocycles. The number of aryl methyl sites for hydroxylation is 1. The van der Waals surface area contributed by atoms with Gasteiger partial charge in [0, 0.05) is 12.0 Å². The quantitative estimate of drug-likeness (QED) is 0.565. The van der Waals surface area contributed by atoms with Crippen LogP contribution < -0.4 is 4.74 Å². The molecule has 88 valence electrons. The highest BCUT2D eigenvalue weighted by molar-refractivity contribution is 5.75. The Morgan fingerprint density at radius 2 is 2.18 bits per heavy atom. The second kappa shape index (κ2) is 5.89. The summed E-state index contributed by atoms with van der Waals surface area (Å²) in [5.74, 6) is 1.70. The third kappa shape index (κ3) is 3.48. The van der Waals surface area contributed by atoms with Crippen molar-refractivity contribution in [3.63, 3.8) is 0 Å². The van der Waals surface area contributed by atoms with E-state index < -0.39 is 0 Å². The van der Waals surface area contributed by atoms with Crippen LogP contribution in [0, 0.1) is 0 Å². The minimum atomic E-state index is 0.614. The number of carbonyl (C=O) groups is 1. The minimum absolute atomic E-state index is 0.614. The second-order valence-electron chi connectivity index (χ2n) is 3.72. The van der Waals surface area contributed by atoms with Crippen LogP contribution in [0.5, 0.6) is 5.75 Å². The molecule has 0 atom stereocenters. The van der Waals surface area contributed by atoms with Crippen molar-refractivity contribution < 1.29 is 13.9 Å². The molecule has 3 nitrogen and oxygen atoms in total. The van der Waals surface area contributed by atoms with Crippen molar-refractivity contribution in [2.45, 2.75) is 12.8 Å². The summed E-state index contributed by atoms with van der Waals surface area (Å²) < 4.78 is 10.8. The lowest BCUT2D eigenvalue weighted by molar-refractivity contribution is 0.112. The van der Waals surface area contributed by atoms with Crippen LogP contribution in [-0.2, 0) is 6.42 Å². The predicted molar refractivity (Wildman–Crippen MR) is 64.4 cm³/mol. The fourth-order valence-corrected chi connectivity index (χ4v) is 1.57. The molecule has 0 bridgehead atoms. The lowest BCUT2D eigenvalue weighted by Gasteiger charge is -2.05. The number of aldehydes is 1. The Kier molecular flexibility index (Phi) is 3.97. The van der Waals surface area contributed by atoms with Crippen LogP contribution in [0.1, 0.15) is 22.5 Å². The number of furan rings is 1. The molecule has 0 spiro atoms. The van der Waals surface area contributed by atoms with Gasteiger partial charge in [-0.1, -0.05) is 12.1 Å². The Bertz CT molecular complexity index is 460. The summed E-state index contributed by atoms with van der Waals surface area (Å²) in [4.78, 5) is 10.6. The van der Waals surface area contributed by atoms with Crippen LogP contribution >= 0.6 is 0 Å². The van der Waals surface area contributed by atoms with Gasteiger partial charge in [-0.2, -0.15) is 0 Å². The van der Waals surface area contributed by atoms with Crippen LogP contribution in [0.25, 0.3) is 0 Å². The molecule has 0 unspecified atom stereocenters. The maximum atomic E-state index is 10.6. The van der Waals surface area contributed by atoms with Gasteiger partial charge in [0.1, 0.15) is 17.8 Å². The van der Waals surface area contributed by atoms with Crippen LogP contribution in [0.2, 0.25) is 0 Å². The van der Waals surface area contributed by atoms with Gasteiger partial charge in [0.2, 0.25) is 0 Å². The van der Waals surface area contributed by atoms with Crippen LogP contribution in [-0.4, -0.2) is 12.9 Å². The Morgan fingerprint density at radius 1 is 1.24 bits per heavy atom. The Morgan fingerprint density at radius 3 is 2.94 bits per heavy atom. The van der Waals surface area contributed by atoms with E-state index in [9.17, 15) is 4.79 Å². The van der Waals surface area contributed by atoms with Crippen molar-refractivity contribution >= 4 is 6.29 Å². The number of rotatable bonds is 6. The summed E-state index contributed by atoms with van der Waals surface area (Å²) in [5.41, 5.74) is 0.633.